The zero-order valence-electron chi connectivity index (χ0n) is 11.5. The summed E-state index contributed by atoms with van der Waals surface area (Å²) in [7, 11) is 0. The molecular weight excluding hydrogens is 261 g/mol. The molecule has 0 aromatic carbocycles. The molecule has 19 heavy (non-hydrogen) atoms. The molecule has 1 N–H and O–H groups in total. The van der Waals surface area contributed by atoms with E-state index in [9.17, 15) is 22.8 Å². The molecule has 2 atom stereocenters. The maximum Gasteiger partial charge on any atom is 0.390 e. The third kappa shape index (κ3) is 3.84. The average molecular weight is 280 g/mol. The zero-order valence-corrected chi connectivity index (χ0v) is 11.5. The number of piperazine rings is 1. The first-order chi connectivity index (χ1) is 8.43. The molecule has 0 aliphatic carbocycles. The summed E-state index contributed by atoms with van der Waals surface area (Å²) < 4.78 is 37.0. The highest BCUT2D eigenvalue weighted by atomic mass is 19.4. The summed E-state index contributed by atoms with van der Waals surface area (Å²) in [5.74, 6) is -0.870. The zero-order chi connectivity index (χ0) is 15.0. The fourth-order valence-corrected chi connectivity index (χ4v) is 2.22. The molecular formula is C12H19F3N2O2. The van der Waals surface area contributed by atoms with Gasteiger partial charge in [0.25, 0.3) is 0 Å². The van der Waals surface area contributed by atoms with Crippen LogP contribution in [0, 0.1) is 5.41 Å². The highest BCUT2D eigenvalue weighted by Gasteiger charge is 2.45. The Balaban J connectivity index is 2.97. The molecule has 0 bridgehead atoms. The number of nitrogens with zero attached hydrogens (tertiary/aromatic N) is 1. The predicted molar refractivity (Wildman–Crippen MR) is 63.2 cm³/mol. The summed E-state index contributed by atoms with van der Waals surface area (Å²) >= 11 is 0. The lowest BCUT2D eigenvalue weighted by Crippen LogP contribution is -2.66. The average Bonchev–Trinajstić information content (AvgIpc) is 2.17. The number of nitrogens with one attached hydrogen (secondary N) is 1. The number of alkyl halides is 3. The van der Waals surface area contributed by atoms with Gasteiger partial charge in [0.2, 0.25) is 11.8 Å². The largest absolute Gasteiger partial charge is 0.390 e. The Morgan fingerprint density at radius 3 is 2.16 bits per heavy atom. The molecule has 1 saturated heterocycles. The summed E-state index contributed by atoms with van der Waals surface area (Å²) in [5.41, 5.74) is -0.620. The van der Waals surface area contributed by atoms with E-state index in [0.717, 1.165) is 4.90 Å². The van der Waals surface area contributed by atoms with Gasteiger partial charge in [-0.2, -0.15) is 13.2 Å². The minimum atomic E-state index is -4.35. The van der Waals surface area contributed by atoms with E-state index in [1.807, 2.05) is 0 Å². The fourth-order valence-electron chi connectivity index (χ4n) is 2.22. The van der Waals surface area contributed by atoms with Gasteiger partial charge in [-0.15, -0.1) is 0 Å². The van der Waals surface area contributed by atoms with Gasteiger partial charge in [0, 0.05) is 6.54 Å². The molecule has 1 aliphatic rings. The molecule has 0 spiro atoms. The van der Waals surface area contributed by atoms with Crippen LogP contribution >= 0.6 is 0 Å². The Kier molecular flexibility index (Phi) is 4.17. The number of hydrogen-bond donors (Lipinski definition) is 1. The van der Waals surface area contributed by atoms with Crippen LogP contribution in [0.1, 0.15) is 34.1 Å². The van der Waals surface area contributed by atoms with E-state index in [-0.39, 0.29) is 0 Å². The van der Waals surface area contributed by atoms with Gasteiger partial charge in [-0.3, -0.25) is 9.59 Å². The van der Waals surface area contributed by atoms with Crippen LogP contribution in [0.15, 0.2) is 0 Å². The van der Waals surface area contributed by atoms with Crippen molar-refractivity contribution in [1.29, 1.82) is 0 Å². The minimum absolute atomic E-state index is 0.401. The fraction of sp³-hybridized carbons (Fsp3) is 0.833. The van der Waals surface area contributed by atoms with E-state index in [1.54, 1.807) is 20.8 Å². The highest BCUT2D eigenvalue weighted by molar-refractivity contribution is 5.97. The van der Waals surface area contributed by atoms with Crippen LogP contribution in [0.4, 0.5) is 13.2 Å². The van der Waals surface area contributed by atoms with Gasteiger partial charge in [-0.1, -0.05) is 20.8 Å². The number of rotatable bonds is 2. The second kappa shape index (κ2) is 5.02. The molecule has 0 aromatic rings. The maximum absolute atomic E-state index is 12.3. The van der Waals surface area contributed by atoms with Crippen molar-refractivity contribution < 1.29 is 22.8 Å². The standard InChI is InChI=1S/C12H19F3N2O2/c1-7-10(19)17(6-5-12(13,14)15)8(9(18)16-7)11(2,3)4/h7-8H,5-6H2,1-4H3,(H,16,18). The Bertz CT molecular complexity index is 374. The number of halogens is 3. The smallest absolute Gasteiger partial charge is 0.343 e. The molecule has 7 heteroatoms. The quantitative estimate of drug-likeness (QED) is 0.837. The van der Waals surface area contributed by atoms with Gasteiger partial charge in [0.15, 0.2) is 0 Å². The highest BCUT2D eigenvalue weighted by Crippen LogP contribution is 2.29. The Morgan fingerprint density at radius 1 is 1.21 bits per heavy atom. The first-order valence-corrected chi connectivity index (χ1v) is 6.11. The van der Waals surface area contributed by atoms with E-state index in [0.29, 0.717) is 0 Å². The molecule has 0 aromatic heterocycles. The lowest BCUT2D eigenvalue weighted by Gasteiger charge is -2.44. The summed E-state index contributed by atoms with van der Waals surface area (Å²) in [4.78, 5) is 25.0. The van der Waals surface area contributed by atoms with Crippen LogP contribution in [0.2, 0.25) is 0 Å². The molecule has 4 nitrogen and oxygen atoms in total. The summed E-state index contributed by atoms with van der Waals surface area (Å²) in [6, 6.07) is -1.65. The van der Waals surface area contributed by atoms with Crippen molar-refractivity contribution in [2.24, 2.45) is 5.41 Å². The van der Waals surface area contributed by atoms with Crippen molar-refractivity contribution in [2.45, 2.75) is 52.4 Å². The number of carbonyl (C=O) groups is 2. The van der Waals surface area contributed by atoms with Gasteiger partial charge in [0.05, 0.1) is 6.42 Å². The van der Waals surface area contributed by atoms with Crippen LogP contribution in [0.3, 0.4) is 0 Å². The SMILES string of the molecule is CC1NC(=O)C(C(C)(C)C)N(CCC(F)(F)F)C1=O. The first kappa shape index (κ1) is 15.8. The summed E-state index contributed by atoms with van der Waals surface area (Å²) in [6.07, 6.45) is -5.45. The number of carbonyl (C=O) groups excluding carboxylic acids is 2. The van der Waals surface area contributed by atoms with Crippen LogP contribution in [-0.4, -0.2) is 41.5 Å². The Morgan fingerprint density at radius 2 is 1.74 bits per heavy atom. The topological polar surface area (TPSA) is 49.4 Å². The number of amides is 2. The van der Waals surface area contributed by atoms with Crippen LogP contribution in [-0.2, 0) is 9.59 Å². The van der Waals surface area contributed by atoms with E-state index in [1.165, 1.54) is 6.92 Å². The molecule has 2 unspecified atom stereocenters. The second-order valence-electron chi connectivity index (χ2n) is 5.90. The van der Waals surface area contributed by atoms with Gasteiger partial charge < -0.3 is 10.2 Å². The minimum Gasteiger partial charge on any atom is -0.343 e. The maximum atomic E-state index is 12.3. The third-order valence-electron chi connectivity index (χ3n) is 3.03. The molecule has 0 radical (unpaired) electrons. The summed E-state index contributed by atoms with van der Waals surface area (Å²) in [5, 5.41) is 2.50. The van der Waals surface area contributed by atoms with Crippen molar-refractivity contribution in [3.8, 4) is 0 Å². The monoisotopic (exact) mass is 280 g/mol. The normalized spacial score (nSPS) is 25.5. The van der Waals surface area contributed by atoms with Crippen LogP contribution in [0.5, 0.6) is 0 Å². The summed E-state index contributed by atoms with van der Waals surface area (Å²) in [6.45, 7) is 6.16. The second-order valence-corrected chi connectivity index (χ2v) is 5.90. The van der Waals surface area contributed by atoms with Gasteiger partial charge in [0.1, 0.15) is 12.1 Å². The van der Waals surface area contributed by atoms with Crippen LogP contribution in [0.25, 0.3) is 0 Å². The van der Waals surface area contributed by atoms with Crippen molar-refractivity contribution >= 4 is 11.8 Å². The third-order valence-corrected chi connectivity index (χ3v) is 3.03. The van der Waals surface area contributed by atoms with Gasteiger partial charge in [-0.05, 0) is 12.3 Å². The van der Waals surface area contributed by atoms with E-state index >= 15 is 0 Å². The molecule has 1 rings (SSSR count). The number of hydrogen-bond acceptors (Lipinski definition) is 2. The van der Waals surface area contributed by atoms with E-state index in [4.69, 9.17) is 0 Å². The lowest BCUT2D eigenvalue weighted by atomic mass is 9.83. The van der Waals surface area contributed by atoms with E-state index in [2.05, 4.69) is 5.32 Å². The van der Waals surface area contributed by atoms with Crippen molar-refractivity contribution in [3.63, 3.8) is 0 Å². The molecule has 1 heterocycles. The molecule has 1 aliphatic heterocycles. The molecule has 110 valence electrons. The molecule has 0 saturated carbocycles. The molecule has 1 fully saturated rings. The van der Waals surface area contributed by atoms with Crippen molar-refractivity contribution in [3.05, 3.63) is 0 Å². The van der Waals surface area contributed by atoms with Crippen molar-refractivity contribution in [2.75, 3.05) is 6.54 Å². The first-order valence-electron chi connectivity index (χ1n) is 6.11. The van der Waals surface area contributed by atoms with E-state index < -0.39 is 48.5 Å². The van der Waals surface area contributed by atoms with Crippen molar-refractivity contribution in [1.82, 2.24) is 10.2 Å². The Labute approximate surface area is 110 Å². The van der Waals surface area contributed by atoms with Gasteiger partial charge in [-0.25, -0.2) is 0 Å². The van der Waals surface area contributed by atoms with Gasteiger partial charge >= 0.3 is 6.18 Å². The molecule has 2 amide bonds. The predicted octanol–water partition coefficient (Wildman–Crippen LogP) is 1.70. The van der Waals surface area contributed by atoms with Crippen LogP contribution < -0.4 is 5.32 Å². The lowest BCUT2D eigenvalue weighted by molar-refractivity contribution is -0.161. The Hall–Kier alpha value is -1.27.